The molecule has 7 nitrogen and oxygen atoms in total. The predicted molar refractivity (Wildman–Crippen MR) is 119 cm³/mol. The fourth-order valence-corrected chi connectivity index (χ4v) is 2.60. The standard InChI is InChI=1S/C23H31N3O4/c1-17(2)10-12-30-21-9-5-8-20(15-21)26-22(27)16-25-19-7-4-6-18(14-19)23(28)24-11-13-29-3/h4-9,14-15,17,25H,10-13,16H2,1-3H3,(H,24,28)(H,26,27). The van der Waals surface area contributed by atoms with E-state index in [2.05, 4.69) is 29.8 Å². The molecular weight excluding hydrogens is 382 g/mol. The summed E-state index contributed by atoms with van der Waals surface area (Å²) < 4.78 is 10.6. The summed E-state index contributed by atoms with van der Waals surface area (Å²) in [5.74, 6) is 0.932. The van der Waals surface area contributed by atoms with Gasteiger partial charge in [0.1, 0.15) is 5.75 Å². The molecule has 0 aromatic heterocycles. The molecule has 3 N–H and O–H groups in total. The topological polar surface area (TPSA) is 88.7 Å². The summed E-state index contributed by atoms with van der Waals surface area (Å²) in [5, 5.41) is 8.66. The van der Waals surface area contributed by atoms with Crippen molar-refractivity contribution in [3.8, 4) is 5.75 Å². The fraction of sp³-hybridized carbons (Fsp3) is 0.391. The van der Waals surface area contributed by atoms with Crippen LogP contribution in [0.5, 0.6) is 5.75 Å². The zero-order valence-electron chi connectivity index (χ0n) is 17.9. The lowest BCUT2D eigenvalue weighted by atomic mass is 10.1. The van der Waals surface area contributed by atoms with E-state index in [4.69, 9.17) is 9.47 Å². The molecule has 2 aromatic carbocycles. The van der Waals surface area contributed by atoms with Crippen LogP contribution < -0.4 is 20.7 Å². The number of hydrogen-bond donors (Lipinski definition) is 3. The van der Waals surface area contributed by atoms with Gasteiger partial charge in [0, 0.05) is 36.7 Å². The predicted octanol–water partition coefficient (Wildman–Crippen LogP) is 3.54. The van der Waals surface area contributed by atoms with Crippen LogP contribution in [0, 0.1) is 5.92 Å². The van der Waals surface area contributed by atoms with Crippen molar-refractivity contribution in [2.45, 2.75) is 20.3 Å². The lowest BCUT2D eigenvalue weighted by Crippen LogP contribution is -2.27. The molecule has 0 aliphatic rings. The molecule has 0 saturated carbocycles. The number of ether oxygens (including phenoxy) is 2. The van der Waals surface area contributed by atoms with Gasteiger partial charge in [-0.15, -0.1) is 0 Å². The quantitative estimate of drug-likeness (QED) is 0.463. The first-order valence-electron chi connectivity index (χ1n) is 10.1. The molecule has 0 aliphatic carbocycles. The summed E-state index contributed by atoms with van der Waals surface area (Å²) in [6.45, 7) is 5.91. The maximum atomic E-state index is 12.3. The van der Waals surface area contributed by atoms with Crippen LogP contribution in [0.15, 0.2) is 48.5 Å². The summed E-state index contributed by atoms with van der Waals surface area (Å²) in [4.78, 5) is 24.4. The van der Waals surface area contributed by atoms with Crippen LogP contribution in [0.2, 0.25) is 0 Å². The number of benzene rings is 2. The maximum Gasteiger partial charge on any atom is 0.251 e. The third-order valence-corrected chi connectivity index (χ3v) is 4.25. The second kappa shape index (κ2) is 12.5. The van der Waals surface area contributed by atoms with E-state index in [-0.39, 0.29) is 18.4 Å². The Morgan fingerprint density at radius 1 is 1.00 bits per heavy atom. The highest BCUT2D eigenvalue weighted by Gasteiger charge is 2.07. The number of anilines is 2. The van der Waals surface area contributed by atoms with E-state index in [1.165, 1.54) is 0 Å². The SMILES string of the molecule is COCCNC(=O)c1cccc(NCC(=O)Nc2cccc(OCCC(C)C)c2)c1. The van der Waals surface area contributed by atoms with Gasteiger partial charge in [-0.3, -0.25) is 9.59 Å². The maximum absolute atomic E-state index is 12.3. The molecular formula is C23H31N3O4. The molecule has 2 rings (SSSR count). The number of carbonyl (C=O) groups excluding carboxylic acids is 2. The number of nitrogens with one attached hydrogen (secondary N) is 3. The number of hydrogen-bond acceptors (Lipinski definition) is 5. The first kappa shape index (κ1) is 23.2. The van der Waals surface area contributed by atoms with Gasteiger partial charge in [-0.1, -0.05) is 26.0 Å². The van der Waals surface area contributed by atoms with Crippen LogP contribution in [0.4, 0.5) is 11.4 Å². The van der Waals surface area contributed by atoms with E-state index in [9.17, 15) is 9.59 Å². The normalized spacial score (nSPS) is 10.5. The van der Waals surface area contributed by atoms with E-state index in [1.54, 1.807) is 25.3 Å². The van der Waals surface area contributed by atoms with Gasteiger partial charge in [0.25, 0.3) is 5.91 Å². The van der Waals surface area contributed by atoms with Crippen molar-refractivity contribution in [1.29, 1.82) is 0 Å². The molecule has 0 fully saturated rings. The fourth-order valence-electron chi connectivity index (χ4n) is 2.60. The van der Waals surface area contributed by atoms with Crippen molar-refractivity contribution in [2.75, 3.05) is 44.0 Å². The van der Waals surface area contributed by atoms with Crippen molar-refractivity contribution in [3.05, 3.63) is 54.1 Å². The van der Waals surface area contributed by atoms with Gasteiger partial charge < -0.3 is 25.4 Å². The summed E-state index contributed by atoms with van der Waals surface area (Å²) in [5.41, 5.74) is 1.88. The Kier molecular flexibility index (Phi) is 9.67. The Hall–Kier alpha value is -3.06. The minimum Gasteiger partial charge on any atom is -0.494 e. The zero-order valence-corrected chi connectivity index (χ0v) is 17.9. The highest BCUT2D eigenvalue weighted by Crippen LogP contribution is 2.18. The molecule has 0 aliphatic heterocycles. The van der Waals surface area contributed by atoms with E-state index in [0.29, 0.717) is 42.6 Å². The minimum absolute atomic E-state index is 0.0766. The Balaban J connectivity index is 1.83. The summed E-state index contributed by atoms with van der Waals surface area (Å²) in [6, 6.07) is 14.3. The summed E-state index contributed by atoms with van der Waals surface area (Å²) >= 11 is 0. The minimum atomic E-state index is -0.190. The van der Waals surface area contributed by atoms with Crippen LogP contribution in [-0.2, 0) is 9.53 Å². The van der Waals surface area contributed by atoms with Gasteiger partial charge in [-0.25, -0.2) is 0 Å². The Bertz CT molecular complexity index is 824. The Morgan fingerprint density at radius 3 is 2.53 bits per heavy atom. The van der Waals surface area contributed by atoms with Crippen molar-refractivity contribution in [3.63, 3.8) is 0 Å². The lowest BCUT2D eigenvalue weighted by Gasteiger charge is -2.11. The molecule has 0 bridgehead atoms. The van der Waals surface area contributed by atoms with Crippen LogP contribution in [0.1, 0.15) is 30.6 Å². The van der Waals surface area contributed by atoms with E-state index in [1.807, 2.05) is 30.3 Å². The molecule has 0 unspecified atom stereocenters. The van der Waals surface area contributed by atoms with Crippen LogP contribution >= 0.6 is 0 Å². The third kappa shape index (κ3) is 8.53. The first-order valence-corrected chi connectivity index (χ1v) is 10.1. The monoisotopic (exact) mass is 413 g/mol. The van der Waals surface area contributed by atoms with Gasteiger partial charge >= 0.3 is 0 Å². The van der Waals surface area contributed by atoms with Crippen LogP contribution in [0.25, 0.3) is 0 Å². The number of carbonyl (C=O) groups is 2. The Morgan fingerprint density at radius 2 is 1.77 bits per heavy atom. The molecule has 0 saturated heterocycles. The van der Waals surface area contributed by atoms with Crippen LogP contribution in [0.3, 0.4) is 0 Å². The number of methoxy groups -OCH3 is 1. The molecule has 2 amide bonds. The largest absolute Gasteiger partial charge is 0.494 e. The van der Waals surface area contributed by atoms with Crippen molar-refractivity contribution >= 4 is 23.2 Å². The molecule has 0 atom stereocenters. The smallest absolute Gasteiger partial charge is 0.251 e. The van der Waals surface area contributed by atoms with Gasteiger partial charge in [-0.2, -0.15) is 0 Å². The summed E-state index contributed by atoms with van der Waals surface area (Å²) in [6.07, 6.45) is 0.976. The first-order chi connectivity index (χ1) is 14.5. The van der Waals surface area contributed by atoms with Crippen molar-refractivity contribution < 1.29 is 19.1 Å². The number of rotatable bonds is 12. The molecule has 30 heavy (non-hydrogen) atoms. The van der Waals surface area contributed by atoms with Gasteiger partial charge in [0.05, 0.1) is 19.8 Å². The van der Waals surface area contributed by atoms with E-state index < -0.39 is 0 Å². The molecule has 0 spiro atoms. The zero-order chi connectivity index (χ0) is 21.8. The Labute approximate surface area is 178 Å². The number of amides is 2. The third-order valence-electron chi connectivity index (χ3n) is 4.25. The average molecular weight is 414 g/mol. The highest BCUT2D eigenvalue weighted by atomic mass is 16.5. The second-order valence-corrected chi connectivity index (χ2v) is 7.29. The molecule has 7 heteroatoms. The van der Waals surface area contributed by atoms with Gasteiger partial charge in [-0.05, 0) is 42.7 Å². The summed E-state index contributed by atoms with van der Waals surface area (Å²) in [7, 11) is 1.58. The van der Waals surface area contributed by atoms with E-state index in [0.717, 1.165) is 12.2 Å². The van der Waals surface area contributed by atoms with Crippen molar-refractivity contribution in [1.82, 2.24) is 5.32 Å². The van der Waals surface area contributed by atoms with Crippen molar-refractivity contribution in [2.24, 2.45) is 5.92 Å². The lowest BCUT2D eigenvalue weighted by molar-refractivity contribution is -0.114. The van der Waals surface area contributed by atoms with Gasteiger partial charge in [0.15, 0.2) is 0 Å². The molecule has 0 heterocycles. The van der Waals surface area contributed by atoms with Crippen LogP contribution in [-0.4, -0.2) is 45.2 Å². The van der Waals surface area contributed by atoms with Gasteiger partial charge in [0.2, 0.25) is 5.91 Å². The average Bonchev–Trinajstić information content (AvgIpc) is 2.72. The highest BCUT2D eigenvalue weighted by molar-refractivity contribution is 5.96. The molecule has 162 valence electrons. The molecule has 2 aromatic rings. The second-order valence-electron chi connectivity index (χ2n) is 7.29. The van der Waals surface area contributed by atoms with E-state index >= 15 is 0 Å². The molecule has 0 radical (unpaired) electrons.